The van der Waals surface area contributed by atoms with Gasteiger partial charge in [-0.3, -0.25) is 0 Å². The molecule has 1 heteroatoms. The fourth-order valence-electron chi connectivity index (χ4n) is 1.32. The predicted octanol–water partition coefficient (Wildman–Crippen LogP) is 3.87. The van der Waals surface area contributed by atoms with Crippen LogP contribution in [0.15, 0.2) is 42.6 Å². The second kappa shape index (κ2) is 5.40. The van der Waals surface area contributed by atoms with Gasteiger partial charge in [0.05, 0.1) is 0 Å². The van der Waals surface area contributed by atoms with Gasteiger partial charge in [-0.2, -0.15) is 0 Å². The lowest BCUT2D eigenvalue weighted by Gasteiger charge is -2.12. The van der Waals surface area contributed by atoms with Gasteiger partial charge in [-0.05, 0) is 25.8 Å². The average molecular weight is 201 g/mol. The Kier molecular flexibility index (Phi) is 4.17. The van der Waals surface area contributed by atoms with Crippen molar-refractivity contribution in [3.8, 4) is 0 Å². The van der Waals surface area contributed by atoms with Crippen LogP contribution >= 0.6 is 0 Å². The quantitative estimate of drug-likeness (QED) is 0.779. The lowest BCUT2D eigenvalue weighted by atomic mass is 10.1. The van der Waals surface area contributed by atoms with E-state index in [-0.39, 0.29) is 0 Å². The molecule has 0 aliphatic rings. The maximum Gasteiger partial charge on any atom is 0.0411 e. The van der Waals surface area contributed by atoms with Crippen molar-refractivity contribution in [1.29, 1.82) is 0 Å². The van der Waals surface area contributed by atoms with Crippen molar-refractivity contribution in [3.05, 3.63) is 53.7 Å². The standard InChI is InChI=1S/C14H19N/c1-5-12(4)15-14(6-2)13-9-7-11(3)8-10-13/h6-10,15H,4-5H2,1-3H3/b14-6-. The number of benzene rings is 1. The summed E-state index contributed by atoms with van der Waals surface area (Å²) in [6, 6.07) is 8.49. The Hall–Kier alpha value is -1.50. The molecule has 1 N–H and O–H groups in total. The Morgan fingerprint density at radius 3 is 2.40 bits per heavy atom. The number of rotatable bonds is 4. The summed E-state index contributed by atoms with van der Waals surface area (Å²) in [5, 5.41) is 3.32. The van der Waals surface area contributed by atoms with Crippen LogP contribution in [0.4, 0.5) is 0 Å². The Morgan fingerprint density at radius 2 is 1.93 bits per heavy atom. The minimum Gasteiger partial charge on any atom is -0.359 e. The fourth-order valence-corrected chi connectivity index (χ4v) is 1.32. The number of nitrogens with one attached hydrogen (secondary N) is 1. The summed E-state index contributed by atoms with van der Waals surface area (Å²) in [7, 11) is 0. The van der Waals surface area contributed by atoms with E-state index in [0.717, 1.165) is 17.8 Å². The Balaban J connectivity index is 2.84. The Bertz CT molecular complexity index is 357. The van der Waals surface area contributed by atoms with E-state index < -0.39 is 0 Å². The lowest BCUT2D eigenvalue weighted by molar-refractivity contribution is 0.965. The van der Waals surface area contributed by atoms with Crippen molar-refractivity contribution >= 4 is 5.70 Å². The van der Waals surface area contributed by atoms with Gasteiger partial charge in [0.2, 0.25) is 0 Å². The summed E-state index contributed by atoms with van der Waals surface area (Å²) in [6.45, 7) is 10.2. The van der Waals surface area contributed by atoms with Gasteiger partial charge in [-0.1, -0.05) is 49.4 Å². The van der Waals surface area contributed by atoms with E-state index in [1.54, 1.807) is 0 Å². The van der Waals surface area contributed by atoms with Crippen LogP contribution in [0.3, 0.4) is 0 Å². The number of hydrogen-bond acceptors (Lipinski definition) is 1. The summed E-state index contributed by atoms with van der Waals surface area (Å²) < 4.78 is 0. The maximum absolute atomic E-state index is 3.95. The molecule has 1 aromatic carbocycles. The molecular weight excluding hydrogens is 182 g/mol. The molecule has 0 radical (unpaired) electrons. The monoisotopic (exact) mass is 201 g/mol. The predicted molar refractivity (Wildman–Crippen MR) is 67.4 cm³/mol. The van der Waals surface area contributed by atoms with Crippen molar-refractivity contribution < 1.29 is 0 Å². The van der Waals surface area contributed by atoms with Gasteiger partial charge in [-0.25, -0.2) is 0 Å². The number of aryl methyl sites for hydroxylation is 1. The van der Waals surface area contributed by atoms with Gasteiger partial charge < -0.3 is 5.32 Å². The van der Waals surface area contributed by atoms with Crippen molar-refractivity contribution in [3.63, 3.8) is 0 Å². The molecule has 1 rings (SSSR count). The highest BCUT2D eigenvalue weighted by atomic mass is 14.9. The first-order valence-corrected chi connectivity index (χ1v) is 5.35. The molecule has 0 bridgehead atoms. The summed E-state index contributed by atoms with van der Waals surface area (Å²) in [4.78, 5) is 0. The van der Waals surface area contributed by atoms with Crippen molar-refractivity contribution in [1.82, 2.24) is 5.32 Å². The maximum atomic E-state index is 3.95. The molecule has 0 spiro atoms. The van der Waals surface area contributed by atoms with Crippen LogP contribution in [0.2, 0.25) is 0 Å². The van der Waals surface area contributed by atoms with Crippen molar-refractivity contribution in [2.45, 2.75) is 27.2 Å². The molecule has 0 heterocycles. The largest absolute Gasteiger partial charge is 0.359 e. The zero-order valence-electron chi connectivity index (χ0n) is 9.80. The van der Waals surface area contributed by atoms with Gasteiger partial charge in [-0.15, -0.1) is 0 Å². The van der Waals surface area contributed by atoms with E-state index in [0.29, 0.717) is 0 Å². The van der Waals surface area contributed by atoms with E-state index in [2.05, 4.69) is 56.1 Å². The molecule has 0 unspecified atom stereocenters. The molecule has 0 atom stereocenters. The Morgan fingerprint density at radius 1 is 1.33 bits per heavy atom. The molecule has 0 saturated carbocycles. The van der Waals surface area contributed by atoms with Crippen LogP contribution in [0, 0.1) is 6.92 Å². The fraction of sp³-hybridized carbons (Fsp3) is 0.286. The Labute approximate surface area is 92.5 Å². The van der Waals surface area contributed by atoms with E-state index in [1.807, 2.05) is 6.92 Å². The summed E-state index contributed by atoms with van der Waals surface area (Å²) in [5.74, 6) is 0. The van der Waals surface area contributed by atoms with E-state index >= 15 is 0 Å². The van der Waals surface area contributed by atoms with E-state index in [4.69, 9.17) is 0 Å². The highest BCUT2D eigenvalue weighted by Gasteiger charge is 2.00. The molecule has 0 saturated heterocycles. The second-order valence-corrected chi connectivity index (χ2v) is 3.65. The van der Waals surface area contributed by atoms with Crippen LogP contribution in [0.25, 0.3) is 5.70 Å². The van der Waals surface area contributed by atoms with Crippen LogP contribution in [0.5, 0.6) is 0 Å². The first-order chi connectivity index (χ1) is 7.17. The van der Waals surface area contributed by atoms with Crippen LogP contribution < -0.4 is 5.32 Å². The molecule has 1 nitrogen and oxygen atoms in total. The third kappa shape index (κ3) is 3.28. The van der Waals surface area contributed by atoms with E-state index in [1.165, 1.54) is 11.1 Å². The minimum absolute atomic E-state index is 0.948. The van der Waals surface area contributed by atoms with Gasteiger partial charge in [0.1, 0.15) is 0 Å². The first-order valence-electron chi connectivity index (χ1n) is 5.35. The summed E-state index contributed by atoms with van der Waals surface area (Å²) >= 11 is 0. The summed E-state index contributed by atoms with van der Waals surface area (Å²) in [5.41, 5.74) is 4.66. The minimum atomic E-state index is 0.948. The van der Waals surface area contributed by atoms with Gasteiger partial charge in [0, 0.05) is 11.4 Å². The molecule has 1 aromatic rings. The van der Waals surface area contributed by atoms with Crippen LogP contribution in [0.1, 0.15) is 31.4 Å². The summed E-state index contributed by atoms with van der Waals surface area (Å²) in [6.07, 6.45) is 3.02. The van der Waals surface area contributed by atoms with Crippen LogP contribution in [-0.4, -0.2) is 0 Å². The molecule has 0 amide bonds. The highest BCUT2D eigenvalue weighted by molar-refractivity contribution is 5.65. The highest BCUT2D eigenvalue weighted by Crippen LogP contribution is 2.14. The lowest BCUT2D eigenvalue weighted by Crippen LogP contribution is -2.09. The van der Waals surface area contributed by atoms with Gasteiger partial charge in [0.25, 0.3) is 0 Å². The SMILES string of the molecule is C=C(CC)N/C(=C\C)c1ccc(C)cc1. The second-order valence-electron chi connectivity index (χ2n) is 3.65. The molecule has 15 heavy (non-hydrogen) atoms. The van der Waals surface area contributed by atoms with Crippen molar-refractivity contribution in [2.75, 3.05) is 0 Å². The van der Waals surface area contributed by atoms with E-state index in [9.17, 15) is 0 Å². The number of hydrogen-bond donors (Lipinski definition) is 1. The van der Waals surface area contributed by atoms with Crippen molar-refractivity contribution in [2.24, 2.45) is 0 Å². The molecular formula is C14H19N. The molecule has 0 aromatic heterocycles. The van der Waals surface area contributed by atoms with Crippen LogP contribution in [-0.2, 0) is 0 Å². The smallest absolute Gasteiger partial charge is 0.0411 e. The molecule has 80 valence electrons. The molecule has 0 aliphatic heterocycles. The third-order valence-corrected chi connectivity index (χ3v) is 2.39. The first kappa shape index (κ1) is 11.6. The zero-order chi connectivity index (χ0) is 11.3. The normalized spacial score (nSPS) is 11.3. The third-order valence-electron chi connectivity index (χ3n) is 2.39. The molecule has 0 fully saturated rings. The molecule has 0 aliphatic carbocycles. The van der Waals surface area contributed by atoms with Gasteiger partial charge in [0.15, 0.2) is 0 Å². The average Bonchev–Trinajstić information content (AvgIpc) is 2.27. The zero-order valence-corrected chi connectivity index (χ0v) is 9.80. The van der Waals surface area contributed by atoms with Gasteiger partial charge >= 0.3 is 0 Å². The topological polar surface area (TPSA) is 12.0 Å². The number of allylic oxidation sites excluding steroid dienone is 2.